The molecule has 0 aromatic carbocycles. The van der Waals surface area contributed by atoms with Crippen molar-refractivity contribution in [1.29, 1.82) is 0 Å². The van der Waals surface area contributed by atoms with Crippen LogP contribution in [-0.4, -0.2) is 55.9 Å². The van der Waals surface area contributed by atoms with E-state index in [0.29, 0.717) is 12.2 Å². The third-order valence-electron chi connectivity index (χ3n) is 2.87. The molecule has 0 saturated carbocycles. The minimum Gasteiger partial charge on any atom is -0.464 e. The summed E-state index contributed by atoms with van der Waals surface area (Å²) in [4.78, 5) is 15.4. The van der Waals surface area contributed by atoms with Gasteiger partial charge in [0.15, 0.2) is 9.90 Å². The van der Waals surface area contributed by atoms with Gasteiger partial charge >= 0.3 is 5.97 Å². The van der Waals surface area contributed by atoms with Gasteiger partial charge < -0.3 is 4.74 Å². The highest BCUT2D eigenvalue weighted by Gasteiger charge is 2.33. The maximum absolute atomic E-state index is 12.6. The van der Waals surface area contributed by atoms with Gasteiger partial charge in [-0.1, -0.05) is 6.92 Å². The van der Waals surface area contributed by atoms with Crippen LogP contribution in [0.1, 0.15) is 23.8 Å². The van der Waals surface area contributed by atoms with E-state index in [0.717, 1.165) is 11.3 Å². The number of carbonyl (C=O) groups excluding carboxylic acids is 1. The summed E-state index contributed by atoms with van der Waals surface area (Å²) in [6, 6.07) is -0.123. The Morgan fingerprint density at radius 3 is 2.75 bits per heavy atom. The molecule has 114 valence electrons. The van der Waals surface area contributed by atoms with Gasteiger partial charge in [0.1, 0.15) is 0 Å². The van der Waals surface area contributed by atoms with Crippen molar-refractivity contribution < 1.29 is 17.9 Å². The lowest BCUT2D eigenvalue weighted by Gasteiger charge is -2.25. The fraction of sp³-hybridized carbons (Fsp3) is 0.636. The molecule has 0 amide bonds. The van der Waals surface area contributed by atoms with Crippen LogP contribution in [-0.2, 0) is 14.8 Å². The molecule has 1 rings (SSSR count). The zero-order valence-electron chi connectivity index (χ0n) is 11.8. The summed E-state index contributed by atoms with van der Waals surface area (Å²) >= 11 is 2.51. The molecule has 1 unspecified atom stereocenters. The Balaban J connectivity index is 3.16. The van der Waals surface area contributed by atoms with Crippen molar-refractivity contribution >= 4 is 39.1 Å². The van der Waals surface area contributed by atoms with E-state index in [1.165, 1.54) is 24.0 Å². The molecule has 0 aliphatic rings. The van der Waals surface area contributed by atoms with E-state index in [2.05, 4.69) is 9.72 Å². The number of nitrogens with zero attached hydrogens (tertiary/aromatic N) is 2. The summed E-state index contributed by atoms with van der Waals surface area (Å²) in [5, 5.41) is 0. The standard InChI is InChI=1S/C11H18N2O4S3/c1-5-8(6-18-4)13(2)20(15,16)11-9(10(14)17-3)12-7-19-11/h7-8H,5-6H2,1-4H3. The highest BCUT2D eigenvalue weighted by molar-refractivity contribution is 7.98. The van der Waals surface area contributed by atoms with Crippen LogP contribution in [0.15, 0.2) is 9.72 Å². The highest BCUT2D eigenvalue weighted by atomic mass is 32.2. The molecule has 0 spiro atoms. The zero-order valence-corrected chi connectivity index (χ0v) is 14.3. The van der Waals surface area contributed by atoms with E-state index < -0.39 is 16.0 Å². The maximum atomic E-state index is 12.6. The van der Waals surface area contributed by atoms with Gasteiger partial charge in [-0.05, 0) is 12.7 Å². The average molecular weight is 338 g/mol. The summed E-state index contributed by atoms with van der Waals surface area (Å²) in [7, 11) is -1.01. The lowest BCUT2D eigenvalue weighted by molar-refractivity contribution is 0.0590. The van der Waals surface area contributed by atoms with Crippen LogP contribution in [0.2, 0.25) is 0 Å². The van der Waals surface area contributed by atoms with Gasteiger partial charge in [0, 0.05) is 18.8 Å². The molecule has 1 aromatic heterocycles. The van der Waals surface area contributed by atoms with Crippen molar-refractivity contribution in [3.05, 3.63) is 11.2 Å². The molecule has 9 heteroatoms. The van der Waals surface area contributed by atoms with Crippen LogP contribution in [0.5, 0.6) is 0 Å². The Bertz CT molecular complexity index is 556. The summed E-state index contributed by atoms with van der Waals surface area (Å²) in [5.74, 6) is -0.0466. The van der Waals surface area contributed by atoms with Gasteiger partial charge in [-0.25, -0.2) is 18.2 Å². The van der Waals surface area contributed by atoms with E-state index in [9.17, 15) is 13.2 Å². The zero-order chi connectivity index (χ0) is 15.3. The maximum Gasteiger partial charge on any atom is 0.358 e. The molecule has 0 fully saturated rings. The van der Waals surface area contributed by atoms with Gasteiger partial charge in [-0.15, -0.1) is 11.3 Å². The largest absolute Gasteiger partial charge is 0.464 e. The van der Waals surface area contributed by atoms with E-state index >= 15 is 0 Å². The van der Waals surface area contributed by atoms with Crippen LogP contribution < -0.4 is 0 Å². The van der Waals surface area contributed by atoms with Gasteiger partial charge in [-0.2, -0.15) is 16.1 Å². The molecule has 0 bridgehead atoms. The second kappa shape index (κ2) is 7.39. The molecule has 0 aliphatic heterocycles. The van der Waals surface area contributed by atoms with Crippen molar-refractivity contribution in [3.63, 3.8) is 0 Å². The molecular weight excluding hydrogens is 320 g/mol. The number of thioether (sulfide) groups is 1. The Hall–Kier alpha value is -0.640. The average Bonchev–Trinajstić information content (AvgIpc) is 2.93. The van der Waals surface area contributed by atoms with Gasteiger partial charge in [-0.3, -0.25) is 0 Å². The first-order chi connectivity index (χ1) is 9.39. The van der Waals surface area contributed by atoms with Crippen molar-refractivity contribution in [2.24, 2.45) is 0 Å². The number of hydrogen-bond acceptors (Lipinski definition) is 7. The van der Waals surface area contributed by atoms with E-state index in [-0.39, 0.29) is 15.9 Å². The van der Waals surface area contributed by atoms with Crippen molar-refractivity contribution in [1.82, 2.24) is 9.29 Å². The first-order valence-electron chi connectivity index (χ1n) is 5.88. The van der Waals surface area contributed by atoms with Gasteiger partial charge in [0.25, 0.3) is 10.0 Å². The normalized spacial score (nSPS) is 13.4. The summed E-state index contributed by atoms with van der Waals surface area (Å²) in [5.41, 5.74) is 1.19. The molecule has 1 atom stereocenters. The predicted octanol–water partition coefficient (Wildman–Crippen LogP) is 1.69. The summed E-state index contributed by atoms with van der Waals surface area (Å²) in [6.07, 6.45) is 2.62. The summed E-state index contributed by atoms with van der Waals surface area (Å²) in [6.45, 7) is 1.93. The number of esters is 1. The molecule has 1 aromatic rings. The van der Waals surface area contributed by atoms with Gasteiger partial charge in [0.2, 0.25) is 0 Å². The van der Waals surface area contributed by atoms with Crippen molar-refractivity contribution in [2.45, 2.75) is 23.6 Å². The number of thiazole rings is 1. The Morgan fingerprint density at radius 2 is 2.25 bits per heavy atom. The third kappa shape index (κ3) is 3.51. The summed E-state index contributed by atoms with van der Waals surface area (Å²) < 4.78 is 31.0. The molecular formula is C11H18N2O4S3. The Morgan fingerprint density at radius 1 is 1.60 bits per heavy atom. The second-order valence-corrected chi connectivity index (χ2v) is 7.98. The van der Waals surface area contributed by atoms with Crippen LogP contribution in [0.25, 0.3) is 0 Å². The number of rotatable bonds is 7. The van der Waals surface area contributed by atoms with Crippen LogP contribution in [0.4, 0.5) is 0 Å². The number of carbonyl (C=O) groups is 1. The number of sulfonamides is 1. The fourth-order valence-corrected chi connectivity index (χ4v) is 5.32. The lowest BCUT2D eigenvalue weighted by Crippen LogP contribution is -2.38. The molecule has 6 nitrogen and oxygen atoms in total. The molecule has 20 heavy (non-hydrogen) atoms. The van der Waals surface area contributed by atoms with E-state index in [1.54, 1.807) is 11.8 Å². The minimum absolute atomic E-state index is 0.0635. The first kappa shape index (κ1) is 17.4. The predicted molar refractivity (Wildman–Crippen MR) is 80.9 cm³/mol. The van der Waals surface area contributed by atoms with Crippen LogP contribution in [0, 0.1) is 0 Å². The van der Waals surface area contributed by atoms with Crippen molar-refractivity contribution in [2.75, 3.05) is 26.2 Å². The topological polar surface area (TPSA) is 76.6 Å². The fourth-order valence-electron chi connectivity index (χ4n) is 1.65. The molecule has 1 heterocycles. The molecule has 0 saturated heterocycles. The Labute approximate surface area is 127 Å². The first-order valence-corrected chi connectivity index (χ1v) is 9.60. The second-order valence-electron chi connectivity index (χ2n) is 4.02. The van der Waals surface area contributed by atoms with Crippen LogP contribution >= 0.6 is 23.1 Å². The highest BCUT2D eigenvalue weighted by Crippen LogP contribution is 2.26. The number of hydrogen-bond donors (Lipinski definition) is 0. The molecule has 0 aliphatic carbocycles. The molecule has 0 radical (unpaired) electrons. The quantitative estimate of drug-likeness (QED) is 0.704. The number of methoxy groups -OCH3 is 1. The van der Waals surface area contributed by atoms with E-state index in [1.807, 2.05) is 13.2 Å². The Kier molecular flexibility index (Phi) is 6.44. The monoisotopic (exact) mass is 338 g/mol. The third-order valence-corrected chi connectivity index (χ3v) is 6.85. The number of aromatic nitrogens is 1. The number of ether oxygens (including phenoxy) is 1. The van der Waals surface area contributed by atoms with Gasteiger partial charge in [0.05, 0.1) is 12.6 Å². The SMILES string of the molecule is CCC(CSC)N(C)S(=O)(=O)c1scnc1C(=O)OC. The smallest absolute Gasteiger partial charge is 0.358 e. The van der Waals surface area contributed by atoms with E-state index in [4.69, 9.17) is 0 Å². The minimum atomic E-state index is -3.74. The van der Waals surface area contributed by atoms with Crippen molar-refractivity contribution in [3.8, 4) is 0 Å². The lowest BCUT2D eigenvalue weighted by atomic mass is 10.3. The van der Waals surface area contributed by atoms with Crippen LogP contribution in [0.3, 0.4) is 0 Å². The molecule has 0 N–H and O–H groups in total.